The molecule has 0 saturated heterocycles. The van der Waals surface area contributed by atoms with Gasteiger partial charge in [-0.05, 0) is 12.8 Å². The van der Waals surface area contributed by atoms with Crippen LogP contribution in [0.25, 0.3) is 0 Å². The van der Waals surface area contributed by atoms with Crippen LogP contribution in [0.3, 0.4) is 0 Å². The van der Waals surface area contributed by atoms with Crippen LogP contribution in [0.5, 0.6) is 0 Å². The Balaban J connectivity index is 0. The zero-order chi connectivity index (χ0) is 33.3. The number of unbranched alkanes of at least 4 members (excludes halogenated alkanes) is 24. The van der Waals surface area contributed by atoms with Crippen molar-refractivity contribution in [3.8, 4) is 0 Å². The predicted octanol–water partition coefficient (Wildman–Crippen LogP) is 10.4. The van der Waals surface area contributed by atoms with Crippen molar-refractivity contribution < 1.29 is 29.6 Å². The number of carboxylic acids is 2. The number of nitrogens with zero attached hydrogens (tertiary/aromatic N) is 2. The Labute approximate surface area is 267 Å². The van der Waals surface area contributed by atoms with E-state index in [1.165, 1.54) is 116 Å². The van der Waals surface area contributed by atoms with Crippen molar-refractivity contribution in [2.24, 2.45) is 0 Å². The van der Waals surface area contributed by atoms with Gasteiger partial charge < -0.3 is 10.2 Å². The van der Waals surface area contributed by atoms with E-state index in [1.807, 2.05) is 0 Å². The summed E-state index contributed by atoms with van der Waals surface area (Å²) < 4.78 is 0. The highest BCUT2D eigenvalue weighted by atomic mass is 16.6. The first-order valence-electron chi connectivity index (χ1n) is 17.9. The van der Waals surface area contributed by atoms with Crippen LogP contribution in [-0.2, 0) is 9.59 Å². The molecule has 0 heterocycles. The van der Waals surface area contributed by atoms with E-state index in [2.05, 4.69) is 13.8 Å². The van der Waals surface area contributed by atoms with E-state index in [1.54, 1.807) is 0 Å². The van der Waals surface area contributed by atoms with Crippen LogP contribution in [0.4, 0.5) is 0 Å². The monoisotopic (exact) mass is 630 g/mol. The third kappa shape index (κ3) is 31.2. The Morgan fingerprint density at radius 3 is 0.773 bits per heavy atom. The average Bonchev–Trinajstić information content (AvgIpc) is 2.97. The summed E-state index contributed by atoms with van der Waals surface area (Å²) >= 11 is 0. The molecule has 0 amide bonds. The zero-order valence-electron chi connectivity index (χ0n) is 28.2. The molecular formula is C34H66N2O8. The van der Waals surface area contributed by atoms with E-state index < -0.39 is 33.9 Å². The van der Waals surface area contributed by atoms with Crippen molar-refractivity contribution >= 4 is 11.9 Å². The smallest absolute Gasteiger partial charge is 0.379 e. The molecule has 44 heavy (non-hydrogen) atoms. The van der Waals surface area contributed by atoms with Gasteiger partial charge in [-0.2, -0.15) is 0 Å². The van der Waals surface area contributed by atoms with Crippen LogP contribution in [0.15, 0.2) is 0 Å². The molecule has 260 valence electrons. The SMILES string of the molecule is CCCCCCCCCCCCCCCC(C(=O)O)[N+](=O)[O-].CCCCCCCCCCCCCCCC(C(=O)O)[N+](=O)[O-]. The first-order valence-corrected chi connectivity index (χ1v) is 17.9. The van der Waals surface area contributed by atoms with Gasteiger partial charge >= 0.3 is 24.0 Å². The zero-order valence-corrected chi connectivity index (χ0v) is 28.2. The molecule has 0 aliphatic rings. The van der Waals surface area contributed by atoms with Crippen LogP contribution in [0.1, 0.15) is 194 Å². The van der Waals surface area contributed by atoms with Gasteiger partial charge in [-0.1, -0.05) is 168 Å². The highest BCUT2D eigenvalue weighted by Crippen LogP contribution is 2.15. The first kappa shape index (κ1) is 43.9. The number of aliphatic carboxylic acids is 2. The molecule has 2 unspecified atom stereocenters. The van der Waals surface area contributed by atoms with Crippen LogP contribution in [0.2, 0.25) is 0 Å². The fourth-order valence-electron chi connectivity index (χ4n) is 5.35. The Morgan fingerprint density at radius 1 is 0.432 bits per heavy atom. The Bertz CT molecular complexity index is 619. The summed E-state index contributed by atoms with van der Waals surface area (Å²) in [7, 11) is 0. The number of hydrogen-bond donors (Lipinski definition) is 2. The third-order valence-electron chi connectivity index (χ3n) is 8.24. The largest absolute Gasteiger partial charge is 0.476 e. The molecule has 0 bridgehead atoms. The quantitative estimate of drug-likeness (QED) is 0.0421. The van der Waals surface area contributed by atoms with E-state index in [9.17, 15) is 29.8 Å². The number of carboxylic acid groups (broad SMARTS) is 2. The highest BCUT2D eigenvalue weighted by Gasteiger charge is 2.28. The average molecular weight is 631 g/mol. The Kier molecular flexibility index (Phi) is 33.5. The maximum Gasteiger partial charge on any atom is 0.379 e. The lowest BCUT2D eigenvalue weighted by Crippen LogP contribution is -2.28. The molecule has 0 radical (unpaired) electrons. The minimum absolute atomic E-state index is 0.153. The molecule has 0 aromatic rings. The standard InChI is InChI=1S/2C17H33NO4/c2*1-2-3-4-5-6-7-8-9-10-11-12-13-14-15-16(17(19)20)18(21)22/h2*16H,2-15H2,1H3,(H,19,20). The summed E-state index contributed by atoms with van der Waals surface area (Å²) in [5, 5.41) is 38.4. The van der Waals surface area contributed by atoms with Crippen molar-refractivity contribution in [2.45, 2.75) is 206 Å². The van der Waals surface area contributed by atoms with Crippen molar-refractivity contribution in [2.75, 3.05) is 0 Å². The normalized spacial score (nSPS) is 12.2. The summed E-state index contributed by atoms with van der Waals surface area (Å²) in [6, 6.07) is -2.85. The fraction of sp³-hybridized carbons (Fsp3) is 0.941. The first-order chi connectivity index (χ1) is 21.2. The van der Waals surface area contributed by atoms with E-state index >= 15 is 0 Å². The van der Waals surface area contributed by atoms with Gasteiger partial charge in [-0.25, -0.2) is 9.59 Å². The van der Waals surface area contributed by atoms with Crippen molar-refractivity contribution in [1.82, 2.24) is 0 Å². The maximum atomic E-state index is 10.6. The van der Waals surface area contributed by atoms with Crippen LogP contribution in [0, 0.1) is 20.2 Å². The summed E-state index contributed by atoms with van der Waals surface area (Å²) in [4.78, 5) is 40.9. The van der Waals surface area contributed by atoms with E-state index in [0.29, 0.717) is 12.8 Å². The summed E-state index contributed by atoms with van der Waals surface area (Å²) in [6.07, 6.45) is 31.6. The van der Waals surface area contributed by atoms with Gasteiger partial charge in [-0.15, -0.1) is 0 Å². The van der Waals surface area contributed by atoms with Gasteiger partial charge in [0.25, 0.3) is 0 Å². The van der Waals surface area contributed by atoms with E-state index in [0.717, 1.165) is 38.5 Å². The summed E-state index contributed by atoms with van der Waals surface area (Å²) in [5.41, 5.74) is 0. The Morgan fingerprint density at radius 2 is 0.614 bits per heavy atom. The molecule has 0 saturated carbocycles. The van der Waals surface area contributed by atoms with E-state index in [-0.39, 0.29) is 12.8 Å². The second-order valence-corrected chi connectivity index (χ2v) is 12.3. The molecule has 0 spiro atoms. The maximum absolute atomic E-state index is 10.6. The molecule has 2 N–H and O–H groups in total. The third-order valence-corrected chi connectivity index (χ3v) is 8.24. The molecule has 2 atom stereocenters. The van der Waals surface area contributed by atoms with Crippen molar-refractivity contribution in [1.29, 1.82) is 0 Å². The van der Waals surface area contributed by atoms with Crippen LogP contribution in [-0.4, -0.2) is 44.1 Å². The molecule has 0 fully saturated rings. The molecular weight excluding hydrogens is 564 g/mol. The minimum atomic E-state index is -1.42. The fourth-order valence-corrected chi connectivity index (χ4v) is 5.35. The van der Waals surface area contributed by atoms with Gasteiger partial charge in [0.1, 0.15) is 0 Å². The number of carbonyl (C=O) groups is 2. The Hall–Kier alpha value is -2.26. The molecule has 0 aliphatic heterocycles. The van der Waals surface area contributed by atoms with E-state index in [4.69, 9.17) is 10.2 Å². The molecule has 0 aromatic carbocycles. The van der Waals surface area contributed by atoms with Gasteiger partial charge in [0.2, 0.25) is 0 Å². The second kappa shape index (κ2) is 33.6. The molecule has 10 heteroatoms. The van der Waals surface area contributed by atoms with Crippen molar-refractivity contribution in [3.63, 3.8) is 0 Å². The number of rotatable bonds is 32. The summed E-state index contributed by atoms with van der Waals surface area (Å²) in [5.74, 6) is -2.63. The summed E-state index contributed by atoms with van der Waals surface area (Å²) in [6.45, 7) is 4.47. The van der Waals surface area contributed by atoms with Gasteiger partial charge in [-0.3, -0.25) is 20.2 Å². The lowest BCUT2D eigenvalue weighted by atomic mass is 10.0. The number of nitro groups is 2. The lowest BCUT2D eigenvalue weighted by molar-refractivity contribution is -0.511. The minimum Gasteiger partial charge on any atom is -0.476 e. The molecule has 0 aliphatic carbocycles. The molecule has 0 rings (SSSR count). The topological polar surface area (TPSA) is 161 Å². The van der Waals surface area contributed by atoms with Gasteiger partial charge in [0.05, 0.1) is 0 Å². The lowest BCUT2D eigenvalue weighted by Gasteiger charge is -2.05. The van der Waals surface area contributed by atoms with Gasteiger partial charge in [0, 0.05) is 22.7 Å². The van der Waals surface area contributed by atoms with Crippen molar-refractivity contribution in [3.05, 3.63) is 20.2 Å². The number of hydrogen-bond acceptors (Lipinski definition) is 6. The predicted molar refractivity (Wildman–Crippen MR) is 177 cm³/mol. The second-order valence-electron chi connectivity index (χ2n) is 12.3. The van der Waals surface area contributed by atoms with Crippen LogP contribution < -0.4 is 0 Å². The molecule has 10 nitrogen and oxygen atoms in total. The van der Waals surface area contributed by atoms with Gasteiger partial charge in [0.15, 0.2) is 0 Å². The van der Waals surface area contributed by atoms with Crippen LogP contribution >= 0.6 is 0 Å². The highest BCUT2D eigenvalue weighted by molar-refractivity contribution is 5.72. The molecule has 0 aromatic heterocycles.